The van der Waals surface area contributed by atoms with Gasteiger partial charge in [0.1, 0.15) is 6.33 Å². The van der Waals surface area contributed by atoms with E-state index < -0.39 is 0 Å². The van der Waals surface area contributed by atoms with Gasteiger partial charge in [-0.3, -0.25) is 0 Å². The van der Waals surface area contributed by atoms with Gasteiger partial charge < -0.3 is 14.8 Å². The topological polar surface area (TPSA) is 63.1 Å². The zero-order valence-corrected chi connectivity index (χ0v) is 14.9. The average molecular weight is 339 g/mol. The van der Waals surface area contributed by atoms with Gasteiger partial charge in [-0.05, 0) is 25.3 Å². The molecule has 0 bridgehead atoms. The number of carbonyl (C=O) groups is 1. The van der Waals surface area contributed by atoms with E-state index in [4.69, 9.17) is 0 Å². The molecule has 2 aliphatic rings. The summed E-state index contributed by atoms with van der Waals surface area (Å²) in [5.41, 5.74) is 1.14. The molecule has 1 N–H and O–H groups in total. The standard InChI is InChI=1S/C19H25N5O/c1-14(17-22-20-13-23(17)2)21-18(25)24-12-16-10-6-7-11-19(16,24)15-8-4-3-5-9-15/h3-5,8-9,13-14,16H,6-7,10-12H2,1-2H3,(H,21,25)/t14-,16-,19-/m0/s1. The number of nitrogens with one attached hydrogen (secondary N) is 1. The van der Waals surface area contributed by atoms with Crippen LogP contribution in [0.2, 0.25) is 0 Å². The zero-order valence-electron chi connectivity index (χ0n) is 14.9. The molecule has 2 aromatic rings. The Morgan fingerprint density at radius 2 is 2.12 bits per heavy atom. The quantitative estimate of drug-likeness (QED) is 0.935. The van der Waals surface area contributed by atoms with Gasteiger partial charge in [-0.2, -0.15) is 0 Å². The number of aryl methyl sites for hydroxylation is 1. The van der Waals surface area contributed by atoms with Crippen molar-refractivity contribution in [2.75, 3.05) is 6.54 Å². The Labute approximate surface area is 148 Å². The van der Waals surface area contributed by atoms with E-state index in [-0.39, 0.29) is 17.6 Å². The van der Waals surface area contributed by atoms with Crippen LogP contribution in [0.5, 0.6) is 0 Å². The molecule has 6 heteroatoms. The van der Waals surface area contributed by atoms with Gasteiger partial charge in [0.15, 0.2) is 5.82 Å². The maximum absolute atomic E-state index is 13.0. The molecule has 6 nitrogen and oxygen atoms in total. The molecular weight excluding hydrogens is 314 g/mol. The Morgan fingerprint density at radius 3 is 2.80 bits per heavy atom. The number of hydrogen-bond donors (Lipinski definition) is 1. The number of hydrogen-bond acceptors (Lipinski definition) is 3. The summed E-state index contributed by atoms with van der Waals surface area (Å²) in [6.07, 6.45) is 6.35. The van der Waals surface area contributed by atoms with Gasteiger partial charge in [-0.1, -0.05) is 43.2 Å². The molecule has 1 aliphatic heterocycles. The molecule has 132 valence electrons. The van der Waals surface area contributed by atoms with E-state index >= 15 is 0 Å². The summed E-state index contributed by atoms with van der Waals surface area (Å²) in [7, 11) is 1.89. The highest BCUT2D eigenvalue weighted by Gasteiger charge is 2.57. The lowest BCUT2D eigenvalue weighted by atomic mass is 9.62. The summed E-state index contributed by atoms with van der Waals surface area (Å²) < 4.78 is 1.84. The number of carbonyl (C=O) groups excluding carboxylic acids is 1. The van der Waals surface area contributed by atoms with Gasteiger partial charge in [-0.15, -0.1) is 10.2 Å². The van der Waals surface area contributed by atoms with Gasteiger partial charge in [0.05, 0.1) is 11.6 Å². The molecule has 2 amide bonds. The predicted octanol–water partition coefficient (Wildman–Crippen LogP) is 2.99. The number of amides is 2. The van der Waals surface area contributed by atoms with Gasteiger partial charge in [-0.25, -0.2) is 4.79 Å². The largest absolute Gasteiger partial charge is 0.328 e. The molecule has 1 saturated heterocycles. The van der Waals surface area contributed by atoms with Crippen LogP contribution >= 0.6 is 0 Å². The monoisotopic (exact) mass is 339 g/mol. The molecule has 0 radical (unpaired) electrons. The van der Waals surface area contributed by atoms with Gasteiger partial charge >= 0.3 is 6.03 Å². The molecule has 3 atom stereocenters. The van der Waals surface area contributed by atoms with E-state index in [1.54, 1.807) is 6.33 Å². The molecule has 1 aromatic carbocycles. The van der Waals surface area contributed by atoms with Crippen LogP contribution in [0.3, 0.4) is 0 Å². The fraction of sp³-hybridized carbons (Fsp3) is 0.526. The number of benzene rings is 1. The smallest absolute Gasteiger partial charge is 0.318 e. The first-order valence-corrected chi connectivity index (χ1v) is 9.10. The van der Waals surface area contributed by atoms with Gasteiger partial charge in [0, 0.05) is 19.5 Å². The molecular formula is C19H25N5O. The second-order valence-corrected chi connectivity index (χ2v) is 7.31. The van der Waals surface area contributed by atoms with Crippen LogP contribution < -0.4 is 5.32 Å². The highest BCUT2D eigenvalue weighted by atomic mass is 16.2. The lowest BCUT2D eigenvalue weighted by Crippen LogP contribution is -2.69. The summed E-state index contributed by atoms with van der Waals surface area (Å²) in [4.78, 5) is 15.1. The van der Waals surface area contributed by atoms with E-state index in [0.29, 0.717) is 5.92 Å². The van der Waals surface area contributed by atoms with Crippen molar-refractivity contribution in [1.29, 1.82) is 0 Å². The third kappa shape index (κ3) is 2.51. The van der Waals surface area contributed by atoms with Crippen molar-refractivity contribution < 1.29 is 4.79 Å². The number of urea groups is 1. The van der Waals surface area contributed by atoms with Crippen molar-refractivity contribution in [3.63, 3.8) is 0 Å². The molecule has 25 heavy (non-hydrogen) atoms. The number of fused-ring (bicyclic) bond motifs is 1. The van der Waals surface area contributed by atoms with Crippen LogP contribution in [0.4, 0.5) is 4.79 Å². The molecule has 0 unspecified atom stereocenters. The van der Waals surface area contributed by atoms with Crippen molar-refractivity contribution in [3.05, 3.63) is 48.0 Å². The van der Waals surface area contributed by atoms with Crippen molar-refractivity contribution in [3.8, 4) is 0 Å². The van der Waals surface area contributed by atoms with Crippen LogP contribution in [0, 0.1) is 5.92 Å². The lowest BCUT2D eigenvalue weighted by molar-refractivity contribution is -0.0799. The lowest BCUT2D eigenvalue weighted by Gasteiger charge is -2.61. The van der Waals surface area contributed by atoms with Gasteiger partial charge in [0.2, 0.25) is 0 Å². The molecule has 0 spiro atoms. The second-order valence-electron chi connectivity index (χ2n) is 7.31. The minimum Gasteiger partial charge on any atom is -0.328 e. The van der Waals surface area contributed by atoms with Crippen molar-refractivity contribution in [2.24, 2.45) is 13.0 Å². The maximum Gasteiger partial charge on any atom is 0.318 e. The van der Waals surface area contributed by atoms with Crippen LogP contribution in [-0.4, -0.2) is 32.2 Å². The zero-order chi connectivity index (χ0) is 17.4. The normalized spacial score (nSPS) is 26.5. The summed E-state index contributed by atoms with van der Waals surface area (Å²) in [5, 5.41) is 11.1. The van der Waals surface area contributed by atoms with Crippen LogP contribution in [-0.2, 0) is 12.6 Å². The van der Waals surface area contributed by atoms with E-state index in [0.717, 1.165) is 18.8 Å². The SMILES string of the molecule is C[C@H](NC(=O)N1C[C@@H]2CCCC[C@]21c1ccccc1)c1nncn1C. The van der Waals surface area contributed by atoms with Crippen molar-refractivity contribution in [1.82, 2.24) is 25.0 Å². The van der Waals surface area contributed by atoms with Crippen LogP contribution in [0.15, 0.2) is 36.7 Å². The third-order valence-corrected chi connectivity index (χ3v) is 5.91. The second kappa shape index (κ2) is 6.17. The van der Waals surface area contributed by atoms with E-state index in [1.165, 1.54) is 24.8 Å². The number of aromatic nitrogens is 3. The molecule has 1 aromatic heterocycles. The summed E-state index contributed by atoms with van der Waals surface area (Å²) in [6.45, 7) is 2.79. The highest BCUT2D eigenvalue weighted by Crippen LogP contribution is 2.53. The minimum absolute atomic E-state index is 0.00231. The highest BCUT2D eigenvalue weighted by molar-refractivity contribution is 5.77. The van der Waals surface area contributed by atoms with Gasteiger partial charge in [0.25, 0.3) is 0 Å². The van der Waals surface area contributed by atoms with E-state index in [1.807, 2.05) is 29.5 Å². The molecule has 2 fully saturated rings. The average Bonchev–Trinajstić information content (AvgIpc) is 3.03. The van der Waals surface area contributed by atoms with Crippen molar-refractivity contribution in [2.45, 2.75) is 44.2 Å². The Bertz CT molecular complexity index is 758. The molecule has 4 rings (SSSR count). The first-order valence-electron chi connectivity index (χ1n) is 9.10. The Kier molecular flexibility index (Phi) is 3.98. The van der Waals surface area contributed by atoms with Crippen LogP contribution in [0.1, 0.15) is 50.0 Å². The van der Waals surface area contributed by atoms with Crippen molar-refractivity contribution >= 4 is 6.03 Å². The Balaban J connectivity index is 1.57. The third-order valence-electron chi connectivity index (χ3n) is 5.91. The molecule has 2 heterocycles. The fourth-order valence-corrected chi connectivity index (χ4v) is 4.64. The number of nitrogens with zero attached hydrogens (tertiary/aromatic N) is 4. The van der Waals surface area contributed by atoms with E-state index in [2.05, 4.69) is 39.8 Å². The van der Waals surface area contributed by atoms with E-state index in [9.17, 15) is 4.79 Å². The summed E-state index contributed by atoms with van der Waals surface area (Å²) in [5.74, 6) is 1.34. The minimum atomic E-state index is -0.171. The fourth-order valence-electron chi connectivity index (χ4n) is 4.64. The summed E-state index contributed by atoms with van der Waals surface area (Å²) in [6, 6.07) is 10.4. The predicted molar refractivity (Wildman–Crippen MR) is 94.7 cm³/mol. The Morgan fingerprint density at radius 1 is 1.32 bits per heavy atom. The first-order chi connectivity index (χ1) is 12.1. The van der Waals surface area contributed by atoms with Crippen LogP contribution in [0.25, 0.3) is 0 Å². The Hall–Kier alpha value is -2.37. The molecule has 1 saturated carbocycles. The first kappa shape index (κ1) is 16.1. The number of rotatable bonds is 3. The summed E-state index contributed by atoms with van der Waals surface area (Å²) >= 11 is 0. The molecule has 1 aliphatic carbocycles. The number of likely N-dealkylation sites (tertiary alicyclic amines) is 1. The maximum atomic E-state index is 13.0.